The lowest BCUT2D eigenvalue weighted by atomic mass is 10.0. The number of hydrogen-bond acceptors (Lipinski definition) is 2. The standard InChI is InChI=1S/C18H12ClF3N4/c19-14-6-10(5-11-8-23-24-16(11)14)17-13(18(20,21)22)4-3-12-7-15(9-1-2-9)25-26(12)17/h3-9H,1-2H2,(H,23,24). The summed E-state index contributed by atoms with van der Waals surface area (Å²) in [6, 6.07) is 7.59. The lowest BCUT2D eigenvalue weighted by molar-refractivity contribution is -0.137. The van der Waals surface area contributed by atoms with Crippen molar-refractivity contribution in [2.75, 3.05) is 0 Å². The van der Waals surface area contributed by atoms with Crippen LogP contribution in [0.3, 0.4) is 0 Å². The first-order chi connectivity index (χ1) is 12.4. The number of halogens is 4. The minimum atomic E-state index is -4.51. The molecule has 0 unspecified atom stereocenters. The molecule has 1 fully saturated rings. The third-order valence-electron chi connectivity index (χ3n) is 4.72. The van der Waals surface area contributed by atoms with Crippen LogP contribution in [0.25, 0.3) is 27.7 Å². The van der Waals surface area contributed by atoms with Gasteiger partial charge in [-0.05, 0) is 43.2 Å². The van der Waals surface area contributed by atoms with Crippen molar-refractivity contribution in [1.82, 2.24) is 19.8 Å². The van der Waals surface area contributed by atoms with Gasteiger partial charge in [0.05, 0.1) is 39.2 Å². The molecule has 0 aliphatic heterocycles. The van der Waals surface area contributed by atoms with Gasteiger partial charge in [0.15, 0.2) is 0 Å². The molecule has 26 heavy (non-hydrogen) atoms. The van der Waals surface area contributed by atoms with Gasteiger partial charge in [0, 0.05) is 16.9 Å². The van der Waals surface area contributed by atoms with Crippen molar-refractivity contribution in [2.45, 2.75) is 24.9 Å². The molecular formula is C18H12ClF3N4. The van der Waals surface area contributed by atoms with Gasteiger partial charge >= 0.3 is 6.18 Å². The second kappa shape index (κ2) is 5.23. The lowest BCUT2D eigenvalue weighted by Gasteiger charge is -2.15. The Kier molecular flexibility index (Phi) is 3.16. The Morgan fingerprint density at radius 1 is 1.15 bits per heavy atom. The monoisotopic (exact) mass is 376 g/mol. The van der Waals surface area contributed by atoms with Gasteiger partial charge in [-0.3, -0.25) is 5.10 Å². The number of benzene rings is 1. The SMILES string of the molecule is FC(F)(F)c1ccc2cc(C3CC3)nn2c1-c1cc(Cl)c2[nH]ncc2c1. The highest BCUT2D eigenvalue weighted by atomic mass is 35.5. The molecule has 1 N–H and O–H groups in total. The molecule has 0 spiro atoms. The van der Waals surface area contributed by atoms with Crippen LogP contribution in [0.15, 0.2) is 36.5 Å². The summed E-state index contributed by atoms with van der Waals surface area (Å²) < 4.78 is 42.5. The fourth-order valence-corrected chi connectivity index (χ4v) is 3.58. The Bertz CT molecular complexity index is 1150. The molecule has 3 heterocycles. The summed E-state index contributed by atoms with van der Waals surface area (Å²) in [5.74, 6) is 0.344. The molecule has 1 aromatic carbocycles. The van der Waals surface area contributed by atoms with Crippen molar-refractivity contribution in [3.8, 4) is 11.3 Å². The number of aromatic nitrogens is 4. The molecule has 132 valence electrons. The molecule has 1 aliphatic rings. The van der Waals surface area contributed by atoms with E-state index in [9.17, 15) is 13.2 Å². The Balaban J connectivity index is 1.85. The van der Waals surface area contributed by atoms with Crippen LogP contribution in [0.4, 0.5) is 13.2 Å². The van der Waals surface area contributed by atoms with E-state index in [-0.39, 0.29) is 5.69 Å². The topological polar surface area (TPSA) is 46.0 Å². The molecule has 0 bridgehead atoms. The minimum Gasteiger partial charge on any atom is -0.276 e. The second-order valence-corrected chi connectivity index (χ2v) is 6.97. The fourth-order valence-electron chi connectivity index (χ4n) is 3.31. The van der Waals surface area contributed by atoms with E-state index in [4.69, 9.17) is 11.6 Å². The van der Waals surface area contributed by atoms with E-state index in [0.717, 1.165) is 24.6 Å². The zero-order chi connectivity index (χ0) is 18.1. The molecule has 5 rings (SSSR count). The van der Waals surface area contributed by atoms with Crippen molar-refractivity contribution >= 4 is 28.0 Å². The molecule has 4 nitrogen and oxygen atoms in total. The molecule has 3 aromatic heterocycles. The van der Waals surface area contributed by atoms with Crippen LogP contribution < -0.4 is 0 Å². The molecule has 8 heteroatoms. The number of aromatic amines is 1. The van der Waals surface area contributed by atoms with E-state index >= 15 is 0 Å². The summed E-state index contributed by atoms with van der Waals surface area (Å²) in [5.41, 5.74) is 1.67. The summed E-state index contributed by atoms with van der Waals surface area (Å²) in [4.78, 5) is 0. The Hall–Kier alpha value is -2.54. The molecule has 1 saturated carbocycles. The maximum atomic E-state index is 13.7. The first-order valence-electron chi connectivity index (χ1n) is 8.15. The van der Waals surface area contributed by atoms with Crippen LogP contribution in [0, 0.1) is 0 Å². The number of fused-ring (bicyclic) bond motifs is 2. The number of nitrogens with zero attached hydrogens (tertiary/aromatic N) is 3. The predicted octanol–water partition coefficient (Wildman–Crippen LogP) is 5.43. The van der Waals surface area contributed by atoms with E-state index in [0.29, 0.717) is 32.9 Å². The lowest BCUT2D eigenvalue weighted by Crippen LogP contribution is -2.11. The summed E-state index contributed by atoms with van der Waals surface area (Å²) in [7, 11) is 0. The highest BCUT2D eigenvalue weighted by molar-refractivity contribution is 6.35. The minimum absolute atomic E-state index is 0.00750. The van der Waals surface area contributed by atoms with Gasteiger partial charge in [0.1, 0.15) is 0 Å². The quantitative estimate of drug-likeness (QED) is 0.507. The smallest absolute Gasteiger partial charge is 0.276 e. The van der Waals surface area contributed by atoms with Crippen LogP contribution in [0.1, 0.15) is 30.0 Å². The maximum absolute atomic E-state index is 13.7. The van der Waals surface area contributed by atoms with Crippen LogP contribution in [-0.4, -0.2) is 19.8 Å². The first kappa shape index (κ1) is 15.7. The summed E-state index contributed by atoms with van der Waals surface area (Å²) in [6.45, 7) is 0. The zero-order valence-corrected chi connectivity index (χ0v) is 14.1. The highest BCUT2D eigenvalue weighted by Gasteiger charge is 2.36. The molecule has 1 aliphatic carbocycles. The van der Waals surface area contributed by atoms with Crippen molar-refractivity contribution in [3.63, 3.8) is 0 Å². The summed E-state index contributed by atoms with van der Waals surface area (Å²) in [5, 5.41) is 12.1. The average Bonchev–Trinajstić information content (AvgIpc) is 3.15. The number of pyridine rings is 1. The van der Waals surface area contributed by atoms with Gasteiger partial charge < -0.3 is 0 Å². The van der Waals surface area contributed by atoms with E-state index in [1.165, 1.54) is 22.8 Å². The van der Waals surface area contributed by atoms with Crippen LogP contribution in [0.5, 0.6) is 0 Å². The number of hydrogen-bond donors (Lipinski definition) is 1. The molecule has 0 amide bonds. The molecule has 0 atom stereocenters. The number of nitrogens with one attached hydrogen (secondary N) is 1. The van der Waals surface area contributed by atoms with Crippen molar-refractivity contribution in [3.05, 3.63) is 52.8 Å². The highest BCUT2D eigenvalue weighted by Crippen LogP contribution is 2.42. The van der Waals surface area contributed by atoms with E-state index in [1.807, 2.05) is 6.07 Å². The normalized spacial score (nSPS) is 15.2. The Morgan fingerprint density at radius 3 is 2.69 bits per heavy atom. The van der Waals surface area contributed by atoms with E-state index < -0.39 is 11.7 Å². The van der Waals surface area contributed by atoms with Crippen molar-refractivity contribution in [1.29, 1.82) is 0 Å². The molecule has 4 aromatic rings. The third kappa shape index (κ3) is 2.38. The van der Waals surface area contributed by atoms with E-state index in [1.54, 1.807) is 6.07 Å². The Morgan fingerprint density at radius 2 is 1.96 bits per heavy atom. The molecule has 0 saturated heterocycles. The van der Waals surface area contributed by atoms with Crippen molar-refractivity contribution in [2.24, 2.45) is 0 Å². The zero-order valence-electron chi connectivity index (χ0n) is 13.3. The maximum Gasteiger partial charge on any atom is 0.418 e. The predicted molar refractivity (Wildman–Crippen MR) is 92.3 cm³/mol. The average molecular weight is 377 g/mol. The first-order valence-corrected chi connectivity index (χ1v) is 8.52. The van der Waals surface area contributed by atoms with Gasteiger partial charge in [0.2, 0.25) is 0 Å². The summed E-state index contributed by atoms with van der Waals surface area (Å²) in [6.07, 6.45) is -0.916. The summed E-state index contributed by atoms with van der Waals surface area (Å²) >= 11 is 6.25. The van der Waals surface area contributed by atoms with E-state index in [2.05, 4.69) is 15.3 Å². The van der Waals surface area contributed by atoms with Gasteiger partial charge in [-0.2, -0.15) is 23.4 Å². The van der Waals surface area contributed by atoms with Crippen LogP contribution in [-0.2, 0) is 6.18 Å². The van der Waals surface area contributed by atoms with Gasteiger partial charge in [-0.15, -0.1) is 0 Å². The molecule has 0 radical (unpaired) electrons. The van der Waals surface area contributed by atoms with Gasteiger partial charge in [0.25, 0.3) is 0 Å². The second-order valence-electron chi connectivity index (χ2n) is 6.57. The van der Waals surface area contributed by atoms with Crippen LogP contribution >= 0.6 is 11.6 Å². The number of H-pyrrole nitrogens is 1. The van der Waals surface area contributed by atoms with Crippen LogP contribution in [0.2, 0.25) is 5.02 Å². The largest absolute Gasteiger partial charge is 0.418 e. The Labute approximate surface area is 150 Å². The fraction of sp³-hybridized carbons (Fsp3) is 0.222. The molecular weight excluding hydrogens is 365 g/mol. The van der Waals surface area contributed by atoms with Gasteiger partial charge in [-0.1, -0.05) is 11.6 Å². The number of alkyl halides is 3. The third-order valence-corrected chi connectivity index (χ3v) is 5.02. The van der Waals surface area contributed by atoms with Crippen molar-refractivity contribution < 1.29 is 13.2 Å². The van der Waals surface area contributed by atoms with Gasteiger partial charge in [-0.25, -0.2) is 4.52 Å². The number of rotatable bonds is 2.